The molecular formula is C17H17ClFN. The van der Waals surface area contributed by atoms with Gasteiger partial charge in [0, 0.05) is 5.69 Å². The van der Waals surface area contributed by atoms with E-state index >= 15 is 0 Å². The molecule has 2 aromatic carbocycles. The van der Waals surface area contributed by atoms with Crippen LogP contribution in [0.5, 0.6) is 0 Å². The summed E-state index contributed by atoms with van der Waals surface area (Å²) in [5, 5.41) is 3.59. The molecule has 2 unspecified atom stereocenters. The molecule has 0 spiro atoms. The maximum atomic E-state index is 13.5. The highest BCUT2D eigenvalue weighted by molar-refractivity contribution is 6.30. The van der Waals surface area contributed by atoms with Crippen molar-refractivity contribution in [1.82, 2.24) is 0 Å². The standard InChI is InChI=1S/C17H17ClFN/c1-11-6-9-17(14-5-3-2-4-13(11)14)20-12-7-8-15(18)16(19)10-12/h2-5,7-8,10-11,17,20H,6,9H2,1H3. The van der Waals surface area contributed by atoms with E-state index in [1.54, 1.807) is 6.07 Å². The molecule has 0 fully saturated rings. The highest BCUT2D eigenvalue weighted by atomic mass is 35.5. The van der Waals surface area contributed by atoms with E-state index in [9.17, 15) is 4.39 Å². The van der Waals surface area contributed by atoms with E-state index in [0.29, 0.717) is 5.92 Å². The van der Waals surface area contributed by atoms with Gasteiger partial charge in [-0.1, -0.05) is 42.8 Å². The van der Waals surface area contributed by atoms with Crippen LogP contribution in [-0.4, -0.2) is 0 Å². The predicted molar refractivity (Wildman–Crippen MR) is 81.9 cm³/mol. The van der Waals surface area contributed by atoms with Gasteiger partial charge in [-0.15, -0.1) is 0 Å². The van der Waals surface area contributed by atoms with Crippen LogP contribution in [-0.2, 0) is 0 Å². The lowest BCUT2D eigenvalue weighted by atomic mass is 9.81. The van der Waals surface area contributed by atoms with Gasteiger partial charge in [-0.2, -0.15) is 0 Å². The van der Waals surface area contributed by atoms with Gasteiger partial charge in [0.25, 0.3) is 0 Å². The number of hydrogen-bond acceptors (Lipinski definition) is 1. The van der Waals surface area contributed by atoms with Crippen molar-refractivity contribution in [2.75, 3.05) is 5.32 Å². The summed E-state index contributed by atoms with van der Waals surface area (Å²) in [4.78, 5) is 0. The van der Waals surface area contributed by atoms with Crippen molar-refractivity contribution in [2.24, 2.45) is 0 Å². The number of hydrogen-bond donors (Lipinski definition) is 1. The minimum Gasteiger partial charge on any atom is -0.378 e. The molecule has 2 aromatic rings. The van der Waals surface area contributed by atoms with Crippen LogP contribution < -0.4 is 5.32 Å². The number of halogens is 2. The Balaban J connectivity index is 1.88. The normalized spacial score (nSPS) is 21.4. The molecule has 20 heavy (non-hydrogen) atoms. The number of anilines is 1. The first kappa shape index (κ1) is 13.4. The lowest BCUT2D eigenvalue weighted by Crippen LogP contribution is -2.19. The first-order chi connectivity index (χ1) is 9.65. The van der Waals surface area contributed by atoms with Crippen molar-refractivity contribution in [3.05, 3.63) is 64.4 Å². The third-order valence-corrected chi connectivity index (χ3v) is 4.36. The number of rotatable bonds is 2. The van der Waals surface area contributed by atoms with Crippen molar-refractivity contribution in [2.45, 2.75) is 31.7 Å². The van der Waals surface area contributed by atoms with Gasteiger partial charge < -0.3 is 5.32 Å². The maximum Gasteiger partial charge on any atom is 0.143 e. The molecule has 1 aliphatic rings. The monoisotopic (exact) mass is 289 g/mol. The minimum absolute atomic E-state index is 0.160. The molecule has 0 aliphatic heterocycles. The van der Waals surface area contributed by atoms with Crippen LogP contribution in [0.1, 0.15) is 42.9 Å². The maximum absolute atomic E-state index is 13.5. The molecule has 0 heterocycles. The van der Waals surface area contributed by atoms with E-state index in [-0.39, 0.29) is 16.9 Å². The Hall–Kier alpha value is -1.54. The first-order valence-corrected chi connectivity index (χ1v) is 7.33. The third-order valence-electron chi connectivity index (χ3n) is 4.05. The Morgan fingerprint density at radius 2 is 1.85 bits per heavy atom. The molecule has 0 saturated heterocycles. The molecule has 0 amide bonds. The second-order valence-electron chi connectivity index (χ2n) is 5.43. The van der Waals surface area contributed by atoms with Crippen LogP contribution in [0.3, 0.4) is 0 Å². The zero-order valence-corrected chi connectivity index (χ0v) is 12.1. The van der Waals surface area contributed by atoms with E-state index < -0.39 is 0 Å². The molecule has 3 rings (SSSR count). The fraction of sp³-hybridized carbons (Fsp3) is 0.294. The quantitative estimate of drug-likeness (QED) is 0.766. The van der Waals surface area contributed by atoms with Gasteiger partial charge in [0.05, 0.1) is 11.1 Å². The first-order valence-electron chi connectivity index (χ1n) is 6.95. The van der Waals surface area contributed by atoms with Crippen molar-refractivity contribution < 1.29 is 4.39 Å². The Bertz CT molecular complexity index is 626. The predicted octanol–water partition coefficient (Wildman–Crippen LogP) is 5.53. The second-order valence-corrected chi connectivity index (χ2v) is 5.84. The molecule has 1 nitrogen and oxygen atoms in total. The Morgan fingerprint density at radius 1 is 1.10 bits per heavy atom. The summed E-state index contributed by atoms with van der Waals surface area (Å²) in [5.74, 6) is 0.209. The molecule has 1 N–H and O–H groups in total. The zero-order valence-electron chi connectivity index (χ0n) is 11.4. The van der Waals surface area contributed by atoms with Gasteiger partial charge in [-0.25, -0.2) is 4.39 Å². The average Bonchev–Trinajstić information content (AvgIpc) is 2.46. The molecule has 104 valence electrons. The molecule has 2 atom stereocenters. The van der Waals surface area contributed by atoms with Crippen molar-refractivity contribution in [3.8, 4) is 0 Å². The topological polar surface area (TPSA) is 12.0 Å². The number of benzene rings is 2. The summed E-state index contributed by atoms with van der Waals surface area (Å²) >= 11 is 5.72. The molecule has 1 aliphatic carbocycles. The highest BCUT2D eigenvalue weighted by Gasteiger charge is 2.24. The molecule has 3 heteroatoms. The van der Waals surface area contributed by atoms with E-state index in [2.05, 4.69) is 36.5 Å². The lowest BCUT2D eigenvalue weighted by Gasteiger charge is -2.31. The zero-order chi connectivity index (χ0) is 14.1. The van der Waals surface area contributed by atoms with Gasteiger partial charge in [0.1, 0.15) is 5.82 Å². The average molecular weight is 290 g/mol. The fourth-order valence-electron chi connectivity index (χ4n) is 2.94. The van der Waals surface area contributed by atoms with Gasteiger partial charge in [0.15, 0.2) is 0 Å². The van der Waals surface area contributed by atoms with Gasteiger partial charge in [-0.05, 0) is 48.1 Å². The minimum atomic E-state index is -0.380. The summed E-state index contributed by atoms with van der Waals surface area (Å²) in [6, 6.07) is 13.6. The number of nitrogens with one attached hydrogen (secondary N) is 1. The molecule has 0 radical (unpaired) electrons. The van der Waals surface area contributed by atoms with Crippen molar-refractivity contribution >= 4 is 17.3 Å². The van der Waals surface area contributed by atoms with Gasteiger partial charge in [0.2, 0.25) is 0 Å². The SMILES string of the molecule is CC1CCC(Nc2ccc(Cl)c(F)c2)c2ccccc21. The lowest BCUT2D eigenvalue weighted by molar-refractivity contribution is 0.534. The highest BCUT2D eigenvalue weighted by Crippen LogP contribution is 2.38. The van der Waals surface area contributed by atoms with Crippen molar-refractivity contribution in [3.63, 3.8) is 0 Å². The molecular weight excluding hydrogens is 273 g/mol. The van der Waals surface area contributed by atoms with Crippen LogP contribution >= 0.6 is 11.6 Å². The summed E-state index contributed by atoms with van der Waals surface area (Å²) in [7, 11) is 0. The molecule has 0 saturated carbocycles. The van der Waals surface area contributed by atoms with E-state index in [1.807, 2.05) is 6.07 Å². The van der Waals surface area contributed by atoms with Crippen LogP contribution in [0.2, 0.25) is 5.02 Å². The van der Waals surface area contributed by atoms with Crippen LogP contribution in [0.15, 0.2) is 42.5 Å². The van der Waals surface area contributed by atoms with Crippen molar-refractivity contribution in [1.29, 1.82) is 0 Å². The molecule has 0 bridgehead atoms. The van der Waals surface area contributed by atoms with E-state index in [4.69, 9.17) is 11.6 Å². The Kier molecular flexibility index (Phi) is 3.66. The summed E-state index contributed by atoms with van der Waals surface area (Å²) in [6.45, 7) is 2.26. The summed E-state index contributed by atoms with van der Waals surface area (Å²) < 4.78 is 13.5. The second kappa shape index (κ2) is 5.45. The van der Waals surface area contributed by atoms with Crippen LogP contribution in [0.4, 0.5) is 10.1 Å². The Morgan fingerprint density at radius 3 is 2.60 bits per heavy atom. The Labute approximate surface area is 123 Å². The van der Waals surface area contributed by atoms with Crippen LogP contribution in [0, 0.1) is 5.82 Å². The smallest absolute Gasteiger partial charge is 0.143 e. The third kappa shape index (κ3) is 2.53. The summed E-state index contributed by atoms with van der Waals surface area (Å²) in [6.07, 6.45) is 2.20. The largest absolute Gasteiger partial charge is 0.378 e. The summed E-state index contributed by atoms with van der Waals surface area (Å²) in [5.41, 5.74) is 3.49. The van der Waals surface area contributed by atoms with Crippen LogP contribution in [0.25, 0.3) is 0 Å². The number of fused-ring (bicyclic) bond motifs is 1. The fourth-order valence-corrected chi connectivity index (χ4v) is 3.06. The van der Waals surface area contributed by atoms with Gasteiger partial charge in [-0.3, -0.25) is 0 Å². The van der Waals surface area contributed by atoms with E-state index in [0.717, 1.165) is 18.5 Å². The van der Waals surface area contributed by atoms with E-state index in [1.165, 1.54) is 17.2 Å². The van der Waals surface area contributed by atoms with Gasteiger partial charge >= 0.3 is 0 Å². The molecule has 0 aromatic heterocycles.